The lowest BCUT2D eigenvalue weighted by Crippen LogP contribution is -2.42. The number of aromatic nitrogens is 2. The molecule has 124 valence electrons. The molecule has 0 unspecified atom stereocenters. The summed E-state index contributed by atoms with van der Waals surface area (Å²) < 4.78 is 44.5. The smallest absolute Gasteiger partial charge is 0.445 e. The second kappa shape index (κ2) is 5.85. The van der Waals surface area contributed by atoms with Gasteiger partial charge in [-0.3, -0.25) is 4.68 Å². The highest BCUT2D eigenvalue weighted by molar-refractivity contribution is 6.73. The van der Waals surface area contributed by atoms with E-state index in [-0.39, 0.29) is 12.1 Å². The van der Waals surface area contributed by atoms with Crippen molar-refractivity contribution in [3.63, 3.8) is 0 Å². The summed E-state index contributed by atoms with van der Waals surface area (Å²) in [6.45, 7) is 1.26. The number of hydrogen-bond acceptors (Lipinski definition) is 3. The molecule has 0 radical (unpaired) electrons. The minimum Gasteiger partial charge on any atom is -0.445 e. The molecule has 1 saturated heterocycles. The van der Waals surface area contributed by atoms with E-state index in [4.69, 9.17) is 4.74 Å². The third-order valence-electron chi connectivity index (χ3n) is 3.49. The van der Waals surface area contributed by atoms with Crippen molar-refractivity contribution < 1.29 is 22.5 Å². The molecule has 0 aliphatic carbocycles. The quantitative estimate of drug-likeness (QED) is 0.787. The van der Waals surface area contributed by atoms with Crippen LogP contribution in [0.25, 0.3) is 0 Å². The Bertz CT molecular complexity index is 531. The van der Waals surface area contributed by atoms with Crippen LogP contribution in [0, 0.1) is 0 Å². The third-order valence-corrected chi connectivity index (χ3v) is 3.49. The molecule has 0 saturated carbocycles. The number of nitrogens with zero attached hydrogens (tertiary/aromatic N) is 3. The third kappa shape index (κ3) is 4.17. The molecule has 0 atom stereocenters. The Kier molecular flexibility index (Phi) is 4.44. The van der Waals surface area contributed by atoms with Crippen LogP contribution in [0.1, 0.15) is 39.7 Å². The highest BCUT2D eigenvalue weighted by Gasteiger charge is 2.30. The first kappa shape index (κ1) is 16.7. The Morgan fingerprint density at radius 1 is 1.32 bits per heavy atom. The summed E-state index contributed by atoms with van der Waals surface area (Å²) in [6.07, 6.45) is 2.65. The minimum absolute atomic E-state index is 0.120. The lowest BCUT2D eigenvalue weighted by Gasteiger charge is -2.33. The lowest BCUT2D eigenvalue weighted by atomic mass is 9.83. The molecule has 22 heavy (non-hydrogen) atoms. The average Bonchev–Trinajstić information content (AvgIpc) is 2.86. The van der Waals surface area contributed by atoms with Gasteiger partial charge in [0.05, 0.1) is 6.04 Å². The van der Waals surface area contributed by atoms with Crippen LogP contribution in [0.2, 0.25) is 0 Å². The summed E-state index contributed by atoms with van der Waals surface area (Å²) in [7, 11) is 0. The first-order valence-corrected chi connectivity index (χ1v) is 7.28. The van der Waals surface area contributed by atoms with Crippen LogP contribution >= 0.6 is 0 Å². The van der Waals surface area contributed by atoms with Gasteiger partial charge in [0.2, 0.25) is 0 Å². The zero-order valence-electron chi connectivity index (χ0n) is 12.9. The fourth-order valence-corrected chi connectivity index (χ4v) is 2.36. The predicted molar refractivity (Wildman–Crippen MR) is 77.0 cm³/mol. The van der Waals surface area contributed by atoms with Crippen molar-refractivity contribution in [2.75, 3.05) is 13.1 Å². The van der Waals surface area contributed by atoms with E-state index in [1.165, 1.54) is 4.68 Å². The molecule has 0 aromatic carbocycles. The van der Waals surface area contributed by atoms with Crippen LogP contribution in [-0.2, 0) is 4.74 Å². The fourth-order valence-electron chi connectivity index (χ4n) is 2.36. The summed E-state index contributed by atoms with van der Waals surface area (Å²) in [4.78, 5) is 13.5. The van der Waals surface area contributed by atoms with Gasteiger partial charge in [0, 0.05) is 19.3 Å². The van der Waals surface area contributed by atoms with Crippen LogP contribution in [0.4, 0.5) is 17.7 Å². The van der Waals surface area contributed by atoms with Crippen molar-refractivity contribution in [3.05, 3.63) is 12.4 Å². The minimum atomic E-state index is -5.02. The van der Waals surface area contributed by atoms with Crippen molar-refractivity contribution in [1.82, 2.24) is 14.7 Å². The molecule has 1 aliphatic heterocycles. The van der Waals surface area contributed by atoms with Crippen LogP contribution in [0.15, 0.2) is 12.4 Å². The van der Waals surface area contributed by atoms with Gasteiger partial charge in [0.1, 0.15) is 5.60 Å². The second-order valence-electron chi connectivity index (χ2n) is 6.53. The maximum atomic E-state index is 12.6. The molecule has 0 spiro atoms. The summed E-state index contributed by atoms with van der Waals surface area (Å²) in [6, 6.07) is -0.120. The first-order chi connectivity index (χ1) is 10.1. The molecule has 1 amide bonds. The van der Waals surface area contributed by atoms with E-state index >= 15 is 0 Å². The normalized spacial score (nSPS) is 17.6. The Hall–Kier alpha value is -1.67. The highest BCUT2D eigenvalue weighted by Crippen LogP contribution is 2.23. The standard InChI is InChI=1S/C13H20BF3N3O2/c1-13(2,3)22-12(21)19-6-4-11(5-7-19)20-9-10(8-18-20)14(15,16)17/h8-9,11H,4-7H2,1-3H3/q-1. The van der Waals surface area contributed by atoms with E-state index in [1.807, 2.05) is 0 Å². The van der Waals surface area contributed by atoms with E-state index in [9.17, 15) is 17.7 Å². The maximum absolute atomic E-state index is 12.6. The number of amides is 1. The van der Waals surface area contributed by atoms with E-state index in [1.54, 1.807) is 25.7 Å². The van der Waals surface area contributed by atoms with E-state index < -0.39 is 18.0 Å². The van der Waals surface area contributed by atoms with Gasteiger partial charge in [-0.2, -0.15) is 5.10 Å². The van der Waals surface area contributed by atoms with E-state index in [0.29, 0.717) is 25.9 Å². The first-order valence-electron chi connectivity index (χ1n) is 7.28. The summed E-state index contributed by atoms with van der Waals surface area (Å²) in [5, 5.41) is 3.81. The van der Waals surface area contributed by atoms with Crippen molar-refractivity contribution in [1.29, 1.82) is 0 Å². The molecule has 0 bridgehead atoms. The van der Waals surface area contributed by atoms with Gasteiger partial charge in [-0.15, -0.1) is 0 Å². The number of hydrogen-bond donors (Lipinski definition) is 0. The van der Waals surface area contributed by atoms with Gasteiger partial charge in [0.15, 0.2) is 0 Å². The van der Waals surface area contributed by atoms with Crippen LogP contribution in [0.5, 0.6) is 0 Å². The van der Waals surface area contributed by atoms with Gasteiger partial charge in [-0.1, -0.05) is 5.46 Å². The summed E-state index contributed by atoms with van der Waals surface area (Å²) in [5.41, 5.74) is -1.24. The Morgan fingerprint density at radius 3 is 2.36 bits per heavy atom. The van der Waals surface area contributed by atoms with Crippen LogP contribution in [-0.4, -0.2) is 46.4 Å². The highest BCUT2D eigenvalue weighted by atomic mass is 19.4. The number of carbonyl (C=O) groups is 1. The molecule has 0 N–H and O–H groups in total. The Balaban J connectivity index is 1.92. The predicted octanol–water partition coefficient (Wildman–Crippen LogP) is 2.51. The van der Waals surface area contributed by atoms with Gasteiger partial charge in [-0.25, -0.2) is 4.79 Å². The molecule has 9 heteroatoms. The fraction of sp³-hybridized carbons (Fsp3) is 0.692. The van der Waals surface area contributed by atoms with Crippen LogP contribution in [0.3, 0.4) is 0 Å². The van der Waals surface area contributed by atoms with Crippen molar-refractivity contribution in [3.8, 4) is 0 Å². The molecular weight excluding hydrogens is 298 g/mol. The number of carbonyl (C=O) groups excluding carboxylic acids is 1. The van der Waals surface area contributed by atoms with Crippen molar-refractivity contribution in [2.24, 2.45) is 0 Å². The van der Waals surface area contributed by atoms with Gasteiger partial charge in [0.25, 0.3) is 0 Å². The van der Waals surface area contributed by atoms with Gasteiger partial charge >= 0.3 is 13.1 Å². The lowest BCUT2D eigenvalue weighted by molar-refractivity contribution is 0.0185. The second-order valence-corrected chi connectivity index (χ2v) is 6.53. The SMILES string of the molecule is CC(C)(C)OC(=O)N1CCC(n2cc([B-](F)(F)F)cn2)CC1. The topological polar surface area (TPSA) is 47.4 Å². The molecular formula is C13H20BF3N3O2-. The largest absolute Gasteiger partial charge is 0.512 e. The van der Waals surface area contributed by atoms with Crippen LogP contribution < -0.4 is 5.46 Å². The number of rotatable bonds is 2. The van der Waals surface area contributed by atoms with Crippen molar-refractivity contribution >= 4 is 18.5 Å². The Morgan fingerprint density at radius 2 is 1.91 bits per heavy atom. The number of likely N-dealkylation sites (tertiary alicyclic amines) is 1. The molecule has 2 heterocycles. The van der Waals surface area contributed by atoms with E-state index in [0.717, 1.165) is 12.4 Å². The molecule has 1 fully saturated rings. The Labute approximate surface area is 127 Å². The molecule has 2 rings (SSSR count). The zero-order valence-corrected chi connectivity index (χ0v) is 12.9. The van der Waals surface area contributed by atoms with Gasteiger partial charge < -0.3 is 22.6 Å². The molecule has 1 aromatic heterocycles. The number of piperidine rings is 1. The summed E-state index contributed by atoms with van der Waals surface area (Å²) >= 11 is 0. The molecule has 1 aromatic rings. The average molecular weight is 318 g/mol. The maximum Gasteiger partial charge on any atom is 0.512 e. The number of ether oxygens (including phenoxy) is 1. The molecule has 5 nitrogen and oxygen atoms in total. The number of halogens is 3. The monoisotopic (exact) mass is 318 g/mol. The van der Waals surface area contributed by atoms with Gasteiger partial charge in [-0.05, 0) is 39.8 Å². The molecule has 1 aliphatic rings. The summed E-state index contributed by atoms with van der Waals surface area (Å²) in [5.74, 6) is 0. The van der Waals surface area contributed by atoms with E-state index in [2.05, 4.69) is 5.10 Å². The zero-order chi connectivity index (χ0) is 16.5. The van der Waals surface area contributed by atoms with Crippen molar-refractivity contribution in [2.45, 2.75) is 45.3 Å².